The van der Waals surface area contributed by atoms with Gasteiger partial charge in [0.25, 0.3) is 10.0 Å². The molecule has 0 aliphatic carbocycles. The average Bonchev–Trinajstić information content (AvgIpc) is 2.81. The van der Waals surface area contributed by atoms with Crippen molar-refractivity contribution in [1.82, 2.24) is 5.32 Å². The van der Waals surface area contributed by atoms with Gasteiger partial charge in [-0.3, -0.25) is 9.10 Å². The molecule has 0 saturated carbocycles. The van der Waals surface area contributed by atoms with E-state index in [1.54, 1.807) is 49.6 Å². The summed E-state index contributed by atoms with van der Waals surface area (Å²) in [6, 6.07) is 20.5. The van der Waals surface area contributed by atoms with Crippen LogP contribution < -0.4 is 14.4 Å². The van der Waals surface area contributed by atoms with Gasteiger partial charge in [-0.05, 0) is 60.9 Å². The van der Waals surface area contributed by atoms with Crippen molar-refractivity contribution in [3.05, 3.63) is 88.4 Å². The Morgan fingerprint density at radius 1 is 1.06 bits per heavy atom. The fourth-order valence-corrected chi connectivity index (χ4v) is 5.40. The molecule has 8 heteroatoms. The van der Waals surface area contributed by atoms with E-state index in [0.29, 0.717) is 16.6 Å². The van der Waals surface area contributed by atoms with Crippen molar-refractivity contribution in [2.45, 2.75) is 31.2 Å². The molecule has 6 nitrogen and oxygen atoms in total. The summed E-state index contributed by atoms with van der Waals surface area (Å²) >= 11 is 3.39. The number of carbonyl (C=O) groups excluding carboxylic acids is 1. The Morgan fingerprint density at radius 2 is 1.79 bits per heavy atom. The van der Waals surface area contributed by atoms with E-state index in [2.05, 4.69) is 21.2 Å². The summed E-state index contributed by atoms with van der Waals surface area (Å²) < 4.78 is 34.0. The highest BCUT2D eigenvalue weighted by atomic mass is 79.9. The van der Waals surface area contributed by atoms with Gasteiger partial charge in [0, 0.05) is 4.47 Å². The summed E-state index contributed by atoms with van der Waals surface area (Å²) in [5, 5.41) is 2.99. The molecule has 0 saturated heterocycles. The molecular formula is C25H27BrN2O4S. The summed E-state index contributed by atoms with van der Waals surface area (Å²) in [5.74, 6) is 0.379. The molecule has 0 heterocycles. The molecule has 0 fully saturated rings. The van der Waals surface area contributed by atoms with Gasteiger partial charge < -0.3 is 10.1 Å². The van der Waals surface area contributed by atoms with Crippen molar-refractivity contribution in [1.29, 1.82) is 0 Å². The molecule has 3 aromatic carbocycles. The summed E-state index contributed by atoms with van der Waals surface area (Å²) in [5.41, 5.74) is 2.30. The molecule has 0 radical (unpaired) electrons. The second kappa shape index (κ2) is 10.9. The lowest BCUT2D eigenvalue weighted by atomic mass is 10.0. The first-order chi connectivity index (χ1) is 15.8. The third kappa shape index (κ3) is 5.94. The predicted octanol–water partition coefficient (Wildman–Crippen LogP) is 5.23. The molecule has 174 valence electrons. The lowest BCUT2D eigenvalue weighted by molar-refractivity contribution is -0.120. The maximum absolute atomic E-state index is 13.4. The highest BCUT2D eigenvalue weighted by Gasteiger charge is 2.28. The second-order valence-corrected chi connectivity index (χ2v) is 10.3. The molecule has 33 heavy (non-hydrogen) atoms. The van der Waals surface area contributed by atoms with E-state index in [9.17, 15) is 13.2 Å². The van der Waals surface area contributed by atoms with Crippen LogP contribution in [0, 0.1) is 6.92 Å². The van der Waals surface area contributed by atoms with Crippen LogP contribution in [-0.2, 0) is 14.8 Å². The number of benzene rings is 3. The lowest BCUT2D eigenvalue weighted by Gasteiger charge is -2.26. The number of aryl methyl sites for hydroxylation is 1. The summed E-state index contributed by atoms with van der Waals surface area (Å²) in [4.78, 5) is 13.2. The highest BCUT2D eigenvalue weighted by molar-refractivity contribution is 9.10. The minimum absolute atomic E-state index is 0.121. The van der Waals surface area contributed by atoms with Crippen molar-refractivity contribution in [2.75, 3.05) is 18.0 Å². The Bertz CT molecular complexity index is 1220. The van der Waals surface area contributed by atoms with E-state index in [1.807, 2.05) is 32.0 Å². The molecule has 0 bridgehead atoms. The Labute approximate surface area is 203 Å². The summed E-state index contributed by atoms with van der Waals surface area (Å²) in [6.07, 6.45) is 0.653. The number of nitrogens with zero attached hydrogens (tertiary/aromatic N) is 1. The van der Waals surface area contributed by atoms with Gasteiger partial charge in [-0.15, -0.1) is 0 Å². The van der Waals surface area contributed by atoms with E-state index >= 15 is 0 Å². The van der Waals surface area contributed by atoms with Crippen LogP contribution in [0.15, 0.2) is 82.2 Å². The van der Waals surface area contributed by atoms with Crippen molar-refractivity contribution in [3.8, 4) is 5.75 Å². The fraction of sp³-hybridized carbons (Fsp3) is 0.240. The van der Waals surface area contributed by atoms with Crippen LogP contribution in [0.25, 0.3) is 0 Å². The van der Waals surface area contributed by atoms with Crippen LogP contribution in [0.5, 0.6) is 5.75 Å². The van der Waals surface area contributed by atoms with E-state index in [1.165, 1.54) is 12.1 Å². The SMILES string of the molecule is CCC(NC(=O)CN(c1cccc(Br)c1)S(=O)(=O)c1ccccc1)c1ccc(OC)c(C)c1. The minimum Gasteiger partial charge on any atom is -0.496 e. The van der Waals surface area contributed by atoms with Gasteiger partial charge in [-0.25, -0.2) is 8.42 Å². The van der Waals surface area contributed by atoms with Gasteiger partial charge in [0.1, 0.15) is 12.3 Å². The van der Waals surface area contributed by atoms with Crippen LogP contribution in [0.1, 0.15) is 30.5 Å². The van der Waals surface area contributed by atoms with Crippen LogP contribution >= 0.6 is 15.9 Å². The number of ether oxygens (including phenoxy) is 1. The zero-order valence-corrected chi connectivity index (χ0v) is 21.2. The van der Waals surface area contributed by atoms with Gasteiger partial charge >= 0.3 is 0 Å². The first-order valence-electron chi connectivity index (χ1n) is 10.5. The molecule has 3 rings (SSSR count). The maximum Gasteiger partial charge on any atom is 0.264 e. The number of halogens is 1. The van der Waals surface area contributed by atoms with Crippen LogP contribution in [0.4, 0.5) is 5.69 Å². The molecule has 1 N–H and O–H groups in total. The van der Waals surface area contributed by atoms with Crippen molar-refractivity contribution < 1.29 is 17.9 Å². The molecule has 3 aromatic rings. The predicted molar refractivity (Wildman–Crippen MR) is 134 cm³/mol. The van der Waals surface area contributed by atoms with Gasteiger partial charge in [0.15, 0.2) is 0 Å². The zero-order chi connectivity index (χ0) is 24.0. The second-order valence-electron chi connectivity index (χ2n) is 7.56. The Hall–Kier alpha value is -2.84. The zero-order valence-electron chi connectivity index (χ0n) is 18.8. The highest BCUT2D eigenvalue weighted by Crippen LogP contribution is 2.27. The third-order valence-corrected chi connectivity index (χ3v) is 7.56. The monoisotopic (exact) mass is 530 g/mol. The maximum atomic E-state index is 13.4. The van der Waals surface area contributed by atoms with Gasteiger partial charge in [-0.1, -0.05) is 59.3 Å². The largest absolute Gasteiger partial charge is 0.496 e. The number of methoxy groups -OCH3 is 1. The number of sulfonamides is 1. The summed E-state index contributed by atoms with van der Waals surface area (Å²) in [6.45, 7) is 3.56. The van der Waals surface area contributed by atoms with Gasteiger partial charge in [0.05, 0.1) is 23.7 Å². The molecule has 0 spiro atoms. The van der Waals surface area contributed by atoms with Crippen molar-refractivity contribution in [2.24, 2.45) is 0 Å². The molecule has 1 unspecified atom stereocenters. The van der Waals surface area contributed by atoms with Gasteiger partial charge in [-0.2, -0.15) is 0 Å². The fourth-order valence-electron chi connectivity index (χ4n) is 3.58. The van der Waals surface area contributed by atoms with Crippen molar-refractivity contribution in [3.63, 3.8) is 0 Å². The van der Waals surface area contributed by atoms with Crippen LogP contribution in [0.3, 0.4) is 0 Å². The molecule has 0 aromatic heterocycles. The van der Waals surface area contributed by atoms with Crippen molar-refractivity contribution >= 4 is 37.5 Å². The number of hydrogen-bond donors (Lipinski definition) is 1. The topological polar surface area (TPSA) is 75.7 Å². The first-order valence-corrected chi connectivity index (χ1v) is 12.8. The number of nitrogens with one attached hydrogen (secondary N) is 1. The molecule has 0 aliphatic rings. The lowest BCUT2D eigenvalue weighted by Crippen LogP contribution is -2.42. The Morgan fingerprint density at radius 3 is 2.39 bits per heavy atom. The Balaban J connectivity index is 1.89. The number of carbonyl (C=O) groups is 1. The molecular weight excluding hydrogens is 504 g/mol. The minimum atomic E-state index is -3.95. The Kier molecular flexibility index (Phi) is 8.15. The average molecular weight is 531 g/mol. The quantitative estimate of drug-likeness (QED) is 0.411. The number of rotatable bonds is 9. The normalized spacial score (nSPS) is 12.1. The summed E-state index contributed by atoms with van der Waals surface area (Å²) in [7, 11) is -2.34. The molecule has 1 atom stereocenters. The van der Waals surface area contributed by atoms with E-state index in [-0.39, 0.29) is 17.5 Å². The molecule has 1 amide bonds. The molecule has 0 aliphatic heterocycles. The van der Waals surface area contributed by atoms with Crippen LogP contribution in [-0.4, -0.2) is 28.0 Å². The standard InChI is InChI=1S/C25H27BrN2O4S/c1-4-23(19-13-14-24(32-3)18(2)15-19)27-25(29)17-28(21-10-8-9-20(26)16-21)33(30,31)22-11-6-5-7-12-22/h5-16,23H,4,17H2,1-3H3,(H,27,29). The number of anilines is 1. The third-order valence-electron chi connectivity index (χ3n) is 5.28. The van der Waals surface area contributed by atoms with Crippen LogP contribution in [0.2, 0.25) is 0 Å². The van der Waals surface area contributed by atoms with Gasteiger partial charge in [0.2, 0.25) is 5.91 Å². The van der Waals surface area contributed by atoms with E-state index in [4.69, 9.17) is 4.74 Å². The smallest absolute Gasteiger partial charge is 0.264 e. The first kappa shape index (κ1) is 24.8. The number of hydrogen-bond acceptors (Lipinski definition) is 4. The van der Waals surface area contributed by atoms with E-state index in [0.717, 1.165) is 21.2 Å². The number of amides is 1. The van der Waals surface area contributed by atoms with E-state index < -0.39 is 15.9 Å².